The average molecular weight is 275 g/mol. The number of rotatable bonds is 3. The lowest BCUT2D eigenvalue weighted by Gasteiger charge is -2.08. The predicted octanol–water partition coefficient (Wildman–Crippen LogP) is 2.57. The lowest BCUT2D eigenvalue weighted by Crippen LogP contribution is -2.15. The van der Waals surface area contributed by atoms with Gasteiger partial charge in [-0.15, -0.1) is 0 Å². The number of benzene rings is 2. The highest BCUT2D eigenvalue weighted by Crippen LogP contribution is 2.24. The van der Waals surface area contributed by atoms with Crippen molar-refractivity contribution < 1.29 is 14.1 Å². The van der Waals surface area contributed by atoms with Crippen LogP contribution in [0, 0.1) is 15.9 Å². The standard InChI is InChI=1S/C13H10FN3O3/c14-8-5-6-10(15)9(7-8)13(18)16-11-3-1-2-4-12(11)17(19)20/h1-7H,15H2,(H,16,18). The van der Waals surface area contributed by atoms with Gasteiger partial charge in [0.25, 0.3) is 11.6 Å². The van der Waals surface area contributed by atoms with E-state index in [4.69, 9.17) is 5.73 Å². The van der Waals surface area contributed by atoms with E-state index in [0.29, 0.717) is 0 Å². The topological polar surface area (TPSA) is 98.3 Å². The Labute approximate surface area is 113 Å². The van der Waals surface area contributed by atoms with E-state index in [1.165, 1.54) is 30.3 Å². The Bertz CT molecular complexity index is 688. The molecule has 0 saturated heterocycles. The molecule has 2 rings (SSSR count). The number of nitro benzene ring substituents is 1. The Morgan fingerprint density at radius 2 is 1.95 bits per heavy atom. The molecule has 0 atom stereocenters. The van der Waals surface area contributed by atoms with E-state index >= 15 is 0 Å². The number of para-hydroxylation sites is 2. The lowest BCUT2D eigenvalue weighted by molar-refractivity contribution is -0.383. The summed E-state index contributed by atoms with van der Waals surface area (Å²) in [5, 5.41) is 13.2. The van der Waals surface area contributed by atoms with E-state index in [9.17, 15) is 19.3 Å². The Hall–Kier alpha value is -2.96. The van der Waals surface area contributed by atoms with Gasteiger partial charge in [-0.25, -0.2) is 4.39 Å². The summed E-state index contributed by atoms with van der Waals surface area (Å²) in [6, 6.07) is 9.00. The molecular formula is C13H10FN3O3. The molecule has 0 aliphatic rings. The summed E-state index contributed by atoms with van der Waals surface area (Å²) in [6.45, 7) is 0. The Morgan fingerprint density at radius 3 is 2.65 bits per heavy atom. The van der Waals surface area contributed by atoms with Crippen LogP contribution in [0.4, 0.5) is 21.5 Å². The molecule has 0 unspecified atom stereocenters. The fourth-order valence-electron chi connectivity index (χ4n) is 1.65. The van der Waals surface area contributed by atoms with E-state index in [2.05, 4.69) is 5.32 Å². The summed E-state index contributed by atoms with van der Waals surface area (Å²) in [6.07, 6.45) is 0. The van der Waals surface area contributed by atoms with Crippen molar-refractivity contribution in [1.82, 2.24) is 0 Å². The van der Waals surface area contributed by atoms with E-state index in [-0.39, 0.29) is 22.6 Å². The molecule has 1 amide bonds. The van der Waals surface area contributed by atoms with Gasteiger partial charge in [-0.3, -0.25) is 14.9 Å². The molecule has 0 aliphatic heterocycles. The van der Waals surface area contributed by atoms with Gasteiger partial charge >= 0.3 is 0 Å². The van der Waals surface area contributed by atoms with Crippen LogP contribution in [0.3, 0.4) is 0 Å². The summed E-state index contributed by atoms with van der Waals surface area (Å²) < 4.78 is 13.1. The number of nitro groups is 1. The number of anilines is 2. The highest BCUT2D eigenvalue weighted by atomic mass is 19.1. The highest BCUT2D eigenvalue weighted by molar-refractivity contribution is 6.08. The number of nitrogens with one attached hydrogen (secondary N) is 1. The lowest BCUT2D eigenvalue weighted by atomic mass is 10.1. The van der Waals surface area contributed by atoms with Crippen LogP contribution in [-0.2, 0) is 0 Å². The number of hydrogen-bond donors (Lipinski definition) is 2. The minimum Gasteiger partial charge on any atom is -0.398 e. The third-order valence-corrected chi connectivity index (χ3v) is 2.61. The molecule has 2 aromatic carbocycles. The van der Waals surface area contributed by atoms with Gasteiger partial charge in [0, 0.05) is 11.8 Å². The van der Waals surface area contributed by atoms with Crippen molar-refractivity contribution in [1.29, 1.82) is 0 Å². The van der Waals surface area contributed by atoms with Crippen LogP contribution < -0.4 is 11.1 Å². The largest absolute Gasteiger partial charge is 0.398 e. The third kappa shape index (κ3) is 2.72. The van der Waals surface area contributed by atoms with E-state index < -0.39 is 16.6 Å². The fraction of sp³-hybridized carbons (Fsp3) is 0. The first-order chi connectivity index (χ1) is 9.49. The Kier molecular flexibility index (Phi) is 3.60. The van der Waals surface area contributed by atoms with Crippen LogP contribution >= 0.6 is 0 Å². The fourth-order valence-corrected chi connectivity index (χ4v) is 1.65. The maximum absolute atomic E-state index is 13.1. The van der Waals surface area contributed by atoms with Crippen molar-refractivity contribution in [3.8, 4) is 0 Å². The first-order valence-electron chi connectivity index (χ1n) is 5.59. The van der Waals surface area contributed by atoms with Gasteiger partial charge in [-0.2, -0.15) is 0 Å². The molecule has 0 heterocycles. The second-order valence-corrected chi connectivity index (χ2v) is 3.96. The number of nitrogens with zero attached hydrogens (tertiary/aromatic N) is 1. The number of carbonyl (C=O) groups is 1. The zero-order valence-electron chi connectivity index (χ0n) is 10.2. The Morgan fingerprint density at radius 1 is 1.25 bits per heavy atom. The van der Waals surface area contributed by atoms with Gasteiger partial charge in [0.15, 0.2) is 0 Å². The normalized spacial score (nSPS) is 10.1. The van der Waals surface area contributed by atoms with E-state index in [1.54, 1.807) is 0 Å². The van der Waals surface area contributed by atoms with Gasteiger partial charge in [0.2, 0.25) is 0 Å². The monoisotopic (exact) mass is 275 g/mol. The minimum absolute atomic E-state index is 0.0196. The minimum atomic E-state index is -0.712. The molecular weight excluding hydrogens is 265 g/mol. The second kappa shape index (κ2) is 5.35. The van der Waals surface area contributed by atoms with Crippen molar-refractivity contribution >= 4 is 23.0 Å². The molecule has 3 N–H and O–H groups in total. The number of halogens is 1. The summed E-state index contributed by atoms with van der Waals surface area (Å²) in [4.78, 5) is 22.2. The molecule has 0 bridgehead atoms. The van der Waals surface area contributed by atoms with Crippen molar-refractivity contribution in [3.05, 3.63) is 64.0 Å². The van der Waals surface area contributed by atoms with Crippen LogP contribution in [0.25, 0.3) is 0 Å². The molecule has 20 heavy (non-hydrogen) atoms. The first-order valence-corrected chi connectivity index (χ1v) is 5.59. The molecule has 2 aromatic rings. The van der Waals surface area contributed by atoms with Gasteiger partial charge in [-0.05, 0) is 24.3 Å². The molecule has 0 spiro atoms. The molecule has 0 aliphatic carbocycles. The van der Waals surface area contributed by atoms with Crippen LogP contribution in [0.15, 0.2) is 42.5 Å². The van der Waals surface area contributed by atoms with Crippen LogP contribution in [0.5, 0.6) is 0 Å². The SMILES string of the molecule is Nc1ccc(F)cc1C(=O)Nc1ccccc1[N+](=O)[O-]. The van der Waals surface area contributed by atoms with Gasteiger partial charge in [0.05, 0.1) is 10.5 Å². The zero-order chi connectivity index (χ0) is 14.7. The molecule has 0 fully saturated rings. The quantitative estimate of drug-likeness (QED) is 0.511. The van der Waals surface area contributed by atoms with Gasteiger partial charge in [0.1, 0.15) is 11.5 Å². The first kappa shape index (κ1) is 13.5. The van der Waals surface area contributed by atoms with Crippen molar-refractivity contribution in [2.45, 2.75) is 0 Å². The van der Waals surface area contributed by atoms with Crippen molar-refractivity contribution in [2.24, 2.45) is 0 Å². The predicted molar refractivity (Wildman–Crippen MR) is 71.9 cm³/mol. The molecule has 0 aromatic heterocycles. The molecule has 7 heteroatoms. The summed E-state index contributed by atoms with van der Waals surface area (Å²) in [5.41, 5.74) is 5.35. The van der Waals surface area contributed by atoms with Gasteiger partial charge < -0.3 is 11.1 Å². The molecule has 6 nitrogen and oxygen atoms in total. The molecule has 102 valence electrons. The van der Waals surface area contributed by atoms with Crippen LogP contribution in [0.1, 0.15) is 10.4 Å². The maximum atomic E-state index is 13.1. The highest BCUT2D eigenvalue weighted by Gasteiger charge is 2.17. The number of hydrogen-bond acceptors (Lipinski definition) is 4. The number of nitrogen functional groups attached to an aromatic ring is 1. The van der Waals surface area contributed by atoms with Gasteiger partial charge in [-0.1, -0.05) is 12.1 Å². The number of amides is 1. The number of nitrogens with two attached hydrogens (primary N) is 1. The average Bonchev–Trinajstić information content (AvgIpc) is 2.41. The Balaban J connectivity index is 2.33. The van der Waals surface area contributed by atoms with Crippen LogP contribution in [-0.4, -0.2) is 10.8 Å². The van der Waals surface area contributed by atoms with Crippen LogP contribution in [0.2, 0.25) is 0 Å². The number of carbonyl (C=O) groups excluding carboxylic acids is 1. The second-order valence-electron chi connectivity index (χ2n) is 3.96. The smallest absolute Gasteiger partial charge is 0.292 e. The van der Waals surface area contributed by atoms with Crippen molar-refractivity contribution in [2.75, 3.05) is 11.1 Å². The summed E-state index contributed by atoms with van der Waals surface area (Å²) in [7, 11) is 0. The van der Waals surface area contributed by atoms with E-state index in [1.807, 2.05) is 0 Å². The maximum Gasteiger partial charge on any atom is 0.292 e. The molecule has 0 radical (unpaired) electrons. The summed E-state index contributed by atoms with van der Waals surface area (Å²) >= 11 is 0. The third-order valence-electron chi connectivity index (χ3n) is 2.61. The summed E-state index contributed by atoms with van der Waals surface area (Å²) in [5.74, 6) is -1.33. The van der Waals surface area contributed by atoms with E-state index in [0.717, 1.165) is 12.1 Å². The zero-order valence-corrected chi connectivity index (χ0v) is 10.2. The molecule has 0 saturated carbocycles. The van der Waals surface area contributed by atoms with Crippen molar-refractivity contribution in [3.63, 3.8) is 0 Å².